The number of aromatic nitrogens is 1. The molecular formula is C11H16N2. The molecule has 0 fully saturated rings. The van der Waals surface area contributed by atoms with Crippen molar-refractivity contribution in [1.29, 1.82) is 0 Å². The lowest BCUT2D eigenvalue weighted by Crippen LogP contribution is -2.36. The first-order chi connectivity index (χ1) is 6.07. The van der Waals surface area contributed by atoms with Gasteiger partial charge in [-0.05, 0) is 38.0 Å². The molecule has 0 aromatic carbocycles. The summed E-state index contributed by atoms with van der Waals surface area (Å²) in [4.78, 5) is 6.62. The third-order valence-corrected chi connectivity index (χ3v) is 2.68. The monoisotopic (exact) mass is 176 g/mol. The van der Waals surface area contributed by atoms with Crippen LogP contribution in [0.5, 0.6) is 0 Å². The number of pyridine rings is 1. The SMILES string of the molecule is CC(C)(C)N1Cc2ccncc2C1. The number of nitrogens with zero attached hydrogens (tertiary/aromatic N) is 2. The van der Waals surface area contributed by atoms with E-state index in [2.05, 4.69) is 36.7 Å². The van der Waals surface area contributed by atoms with E-state index in [0.29, 0.717) is 0 Å². The van der Waals surface area contributed by atoms with E-state index in [4.69, 9.17) is 0 Å². The predicted molar refractivity (Wildman–Crippen MR) is 53.2 cm³/mol. The molecule has 0 spiro atoms. The van der Waals surface area contributed by atoms with Crippen molar-refractivity contribution in [1.82, 2.24) is 9.88 Å². The quantitative estimate of drug-likeness (QED) is 0.602. The smallest absolute Gasteiger partial charge is 0.0316 e. The molecule has 13 heavy (non-hydrogen) atoms. The second kappa shape index (κ2) is 2.81. The summed E-state index contributed by atoms with van der Waals surface area (Å²) in [5, 5.41) is 0. The highest BCUT2D eigenvalue weighted by molar-refractivity contribution is 5.27. The summed E-state index contributed by atoms with van der Waals surface area (Å²) in [6.45, 7) is 8.89. The van der Waals surface area contributed by atoms with Gasteiger partial charge in [-0.25, -0.2) is 0 Å². The maximum atomic E-state index is 4.15. The number of hydrogen-bond acceptors (Lipinski definition) is 2. The van der Waals surface area contributed by atoms with Crippen LogP contribution in [0.2, 0.25) is 0 Å². The van der Waals surface area contributed by atoms with E-state index < -0.39 is 0 Å². The van der Waals surface area contributed by atoms with Crippen molar-refractivity contribution in [3.8, 4) is 0 Å². The maximum Gasteiger partial charge on any atom is 0.0316 e. The lowest BCUT2D eigenvalue weighted by Gasteiger charge is -2.31. The minimum atomic E-state index is 0.263. The van der Waals surface area contributed by atoms with E-state index in [1.54, 1.807) is 0 Å². The molecule has 0 saturated carbocycles. The van der Waals surface area contributed by atoms with E-state index in [0.717, 1.165) is 13.1 Å². The van der Waals surface area contributed by atoms with Crippen LogP contribution in [-0.4, -0.2) is 15.4 Å². The second-order valence-corrected chi connectivity index (χ2v) is 4.67. The fourth-order valence-corrected chi connectivity index (χ4v) is 1.69. The van der Waals surface area contributed by atoms with Gasteiger partial charge in [-0.15, -0.1) is 0 Å². The predicted octanol–water partition coefficient (Wildman–Crippen LogP) is 2.20. The molecule has 1 aliphatic rings. The summed E-state index contributed by atoms with van der Waals surface area (Å²) in [7, 11) is 0. The van der Waals surface area contributed by atoms with Crippen LogP contribution in [0.1, 0.15) is 31.9 Å². The van der Waals surface area contributed by atoms with Crippen LogP contribution in [0, 0.1) is 0 Å². The molecule has 0 saturated heterocycles. The Labute approximate surface area is 79.6 Å². The zero-order valence-corrected chi connectivity index (χ0v) is 8.54. The van der Waals surface area contributed by atoms with Gasteiger partial charge in [-0.3, -0.25) is 9.88 Å². The molecule has 1 aliphatic heterocycles. The zero-order chi connectivity index (χ0) is 9.47. The van der Waals surface area contributed by atoms with Crippen LogP contribution in [0.3, 0.4) is 0 Å². The highest BCUT2D eigenvalue weighted by atomic mass is 15.2. The Bertz CT molecular complexity index is 287. The molecular weight excluding hydrogens is 160 g/mol. The molecule has 2 heteroatoms. The molecule has 2 rings (SSSR count). The normalized spacial score (nSPS) is 17.5. The molecule has 0 amide bonds. The van der Waals surface area contributed by atoms with Crippen molar-refractivity contribution in [2.24, 2.45) is 0 Å². The molecule has 0 atom stereocenters. The number of rotatable bonds is 0. The molecule has 70 valence electrons. The van der Waals surface area contributed by atoms with Crippen LogP contribution in [0.15, 0.2) is 18.5 Å². The topological polar surface area (TPSA) is 16.1 Å². The minimum absolute atomic E-state index is 0.263. The van der Waals surface area contributed by atoms with E-state index >= 15 is 0 Å². The summed E-state index contributed by atoms with van der Waals surface area (Å²) in [6, 6.07) is 2.13. The molecule has 0 bridgehead atoms. The summed E-state index contributed by atoms with van der Waals surface area (Å²) in [5.74, 6) is 0. The average molecular weight is 176 g/mol. The van der Waals surface area contributed by atoms with Gasteiger partial charge in [0.1, 0.15) is 0 Å². The van der Waals surface area contributed by atoms with Gasteiger partial charge >= 0.3 is 0 Å². The number of fused-ring (bicyclic) bond motifs is 1. The fraction of sp³-hybridized carbons (Fsp3) is 0.545. The standard InChI is InChI=1S/C11H16N2/c1-11(2,3)13-7-9-4-5-12-6-10(9)8-13/h4-6H,7-8H2,1-3H3. The fourth-order valence-electron chi connectivity index (χ4n) is 1.69. The van der Waals surface area contributed by atoms with Gasteiger partial charge in [0.05, 0.1) is 0 Å². The largest absolute Gasteiger partial charge is 0.290 e. The van der Waals surface area contributed by atoms with Gasteiger partial charge in [-0.1, -0.05) is 0 Å². The van der Waals surface area contributed by atoms with Crippen molar-refractivity contribution in [3.63, 3.8) is 0 Å². The van der Waals surface area contributed by atoms with Crippen molar-refractivity contribution in [3.05, 3.63) is 29.6 Å². The van der Waals surface area contributed by atoms with Gasteiger partial charge in [0, 0.05) is 31.0 Å². The van der Waals surface area contributed by atoms with Gasteiger partial charge < -0.3 is 0 Å². The Balaban J connectivity index is 2.23. The van der Waals surface area contributed by atoms with E-state index in [1.807, 2.05) is 12.4 Å². The summed E-state index contributed by atoms with van der Waals surface area (Å²) < 4.78 is 0. The molecule has 2 nitrogen and oxygen atoms in total. The first kappa shape index (κ1) is 8.70. The number of hydrogen-bond donors (Lipinski definition) is 0. The van der Waals surface area contributed by atoms with Crippen LogP contribution in [0.25, 0.3) is 0 Å². The third-order valence-electron chi connectivity index (χ3n) is 2.68. The molecule has 0 unspecified atom stereocenters. The van der Waals surface area contributed by atoms with Crippen LogP contribution in [0.4, 0.5) is 0 Å². The third kappa shape index (κ3) is 1.59. The summed E-state index contributed by atoms with van der Waals surface area (Å²) in [5.41, 5.74) is 3.08. The van der Waals surface area contributed by atoms with Crippen LogP contribution in [-0.2, 0) is 13.1 Å². The maximum absolute atomic E-state index is 4.15. The first-order valence-corrected chi connectivity index (χ1v) is 4.74. The summed E-state index contributed by atoms with van der Waals surface area (Å²) in [6.07, 6.45) is 3.87. The second-order valence-electron chi connectivity index (χ2n) is 4.67. The molecule has 1 aromatic heterocycles. The van der Waals surface area contributed by atoms with Gasteiger partial charge in [0.15, 0.2) is 0 Å². The van der Waals surface area contributed by atoms with Gasteiger partial charge in [0.25, 0.3) is 0 Å². The molecule has 0 aliphatic carbocycles. The Morgan fingerprint density at radius 2 is 1.92 bits per heavy atom. The molecule has 0 radical (unpaired) electrons. The average Bonchev–Trinajstić information content (AvgIpc) is 2.45. The Kier molecular flexibility index (Phi) is 1.88. The lowest BCUT2D eigenvalue weighted by atomic mass is 10.1. The van der Waals surface area contributed by atoms with Gasteiger partial charge in [-0.2, -0.15) is 0 Å². The zero-order valence-electron chi connectivity index (χ0n) is 8.54. The Morgan fingerprint density at radius 1 is 1.23 bits per heavy atom. The van der Waals surface area contributed by atoms with Crippen LogP contribution < -0.4 is 0 Å². The van der Waals surface area contributed by atoms with E-state index in [9.17, 15) is 0 Å². The van der Waals surface area contributed by atoms with Crippen molar-refractivity contribution in [2.75, 3.05) is 0 Å². The van der Waals surface area contributed by atoms with Crippen LogP contribution >= 0.6 is 0 Å². The highest BCUT2D eigenvalue weighted by Gasteiger charge is 2.27. The van der Waals surface area contributed by atoms with Crippen molar-refractivity contribution >= 4 is 0 Å². The first-order valence-electron chi connectivity index (χ1n) is 4.74. The minimum Gasteiger partial charge on any atom is -0.290 e. The molecule has 0 N–H and O–H groups in total. The van der Waals surface area contributed by atoms with Crippen molar-refractivity contribution in [2.45, 2.75) is 39.4 Å². The summed E-state index contributed by atoms with van der Waals surface area (Å²) >= 11 is 0. The Morgan fingerprint density at radius 3 is 2.54 bits per heavy atom. The van der Waals surface area contributed by atoms with E-state index in [1.165, 1.54) is 11.1 Å². The molecule has 2 heterocycles. The Hall–Kier alpha value is -0.890. The van der Waals surface area contributed by atoms with Gasteiger partial charge in [0.2, 0.25) is 0 Å². The van der Waals surface area contributed by atoms with Crippen molar-refractivity contribution < 1.29 is 0 Å². The molecule has 1 aromatic rings. The highest BCUT2D eigenvalue weighted by Crippen LogP contribution is 2.27. The van der Waals surface area contributed by atoms with E-state index in [-0.39, 0.29) is 5.54 Å². The lowest BCUT2D eigenvalue weighted by molar-refractivity contribution is 0.136.